The van der Waals surface area contributed by atoms with E-state index >= 15 is 0 Å². The molecule has 0 radical (unpaired) electrons. The van der Waals surface area contributed by atoms with Gasteiger partial charge in [0.1, 0.15) is 16.5 Å². The zero-order valence-corrected chi connectivity index (χ0v) is 24.9. The van der Waals surface area contributed by atoms with Crippen LogP contribution >= 0.6 is 11.6 Å². The second kappa shape index (κ2) is 13.4. The van der Waals surface area contributed by atoms with Crippen LogP contribution in [0.5, 0.6) is 0 Å². The van der Waals surface area contributed by atoms with Crippen molar-refractivity contribution >= 4 is 29.9 Å². The Morgan fingerprint density at radius 1 is 1.37 bits per heavy atom. The van der Waals surface area contributed by atoms with Crippen LogP contribution in [-0.2, 0) is 11.3 Å². The molecule has 220 valence electrons. The Hall–Kier alpha value is -3.63. The van der Waals surface area contributed by atoms with Crippen molar-refractivity contribution in [3.05, 3.63) is 76.0 Å². The molecule has 1 saturated heterocycles. The standard InChI is InChI=1S/C30H40ClN7O3/c1-19-24(27(31)34-18-32)15-25(35-19)21-7-9-22(10-8-21)36-28(39)26-14-20(11-12-33-26)16-38-13-5-6-23(17-38)37-29(40)41-30(2,3)4/h7,9-12,14-15,18-19,21,23,35H,5-6,8,13,16-17H2,1-4H3,(H2,32,34)(H,36,39)(H,37,40)/b27-24-/t19?,21?,23-/m1/s1. The molecule has 1 aromatic heterocycles. The number of rotatable bonds is 7. The number of nitrogens with zero attached hydrogens (tertiary/aromatic N) is 3. The summed E-state index contributed by atoms with van der Waals surface area (Å²) in [6, 6.07) is 3.81. The zero-order chi connectivity index (χ0) is 29.6. The second-order valence-electron chi connectivity index (χ2n) is 11.6. The number of amides is 2. The molecule has 2 amide bonds. The largest absolute Gasteiger partial charge is 0.444 e. The summed E-state index contributed by atoms with van der Waals surface area (Å²) in [6.45, 7) is 9.88. The van der Waals surface area contributed by atoms with Gasteiger partial charge in [-0.25, -0.2) is 9.79 Å². The first kappa shape index (κ1) is 30.3. The summed E-state index contributed by atoms with van der Waals surface area (Å²) in [4.78, 5) is 35.8. The van der Waals surface area contributed by atoms with E-state index in [4.69, 9.17) is 22.1 Å². The minimum atomic E-state index is -0.530. The lowest BCUT2D eigenvalue weighted by Crippen LogP contribution is -2.48. The number of carbonyl (C=O) groups is 2. The van der Waals surface area contributed by atoms with Gasteiger partial charge < -0.3 is 26.4 Å². The molecule has 4 rings (SSSR count). The van der Waals surface area contributed by atoms with E-state index in [0.717, 1.165) is 54.9 Å². The van der Waals surface area contributed by atoms with E-state index in [1.54, 1.807) is 6.20 Å². The Bertz CT molecular complexity index is 1290. The number of nitrogens with two attached hydrogens (primary N) is 1. The number of allylic oxidation sites excluding steroid dienone is 3. The highest BCUT2D eigenvalue weighted by molar-refractivity contribution is 6.30. The van der Waals surface area contributed by atoms with Gasteiger partial charge in [-0.1, -0.05) is 23.8 Å². The van der Waals surface area contributed by atoms with Gasteiger partial charge >= 0.3 is 6.09 Å². The van der Waals surface area contributed by atoms with Crippen LogP contribution in [0.2, 0.25) is 0 Å². The number of hydrogen-bond donors (Lipinski definition) is 4. The molecule has 0 saturated carbocycles. The predicted molar refractivity (Wildman–Crippen MR) is 161 cm³/mol. The molecule has 2 unspecified atom stereocenters. The van der Waals surface area contributed by atoms with E-state index in [0.29, 0.717) is 17.4 Å². The van der Waals surface area contributed by atoms with Gasteiger partial charge in [0.2, 0.25) is 0 Å². The highest BCUT2D eigenvalue weighted by atomic mass is 35.5. The molecule has 0 aromatic carbocycles. The van der Waals surface area contributed by atoms with Crippen LogP contribution in [-0.4, -0.2) is 59.0 Å². The van der Waals surface area contributed by atoms with Gasteiger partial charge in [0.15, 0.2) is 0 Å². The minimum Gasteiger partial charge on any atom is -0.444 e. The van der Waals surface area contributed by atoms with E-state index in [1.165, 1.54) is 6.34 Å². The molecule has 2 aliphatic heterocycles. The topological polar surface area (TPSA) is 134 Å². The highest BCUT2D eigenvalue weighted by Crippen LogP contribution is 2.30. The number of nitrogens with one attached hydrogen (secondary N) is 3. The van der Waals surface area contributed by atoms with Gasteiger partial charge in [-0.3, -0.25) is 14.7 Å². The average molecular weight is 582 g/mol. The summed E-state index contributed by atoms with van der Waals surface area (Å²) < 4.78 is 5.40. The first-order valence-electron chi connectivity index (χ1n) is 14.0. The SMILES string of the molecule is CC1NC(C2C=CC(NC(=O)c3cc(CN4CCC[C@@H](NC(=O)OC(C)(C)C)C4)ccn3)=CC2)=C/C1=C(Cl)/N=C\N. The zero-order valence-electron chi connectivity index (χ0n) is 24.1. The van der Waals surface area contributed by atoms with Crippen molar-refractivity contribution in [1.82, 2.24) is 25.8 Å². The van der Waals surface area contributed by atoms with Crippen molar-refractivity contribution in [1.29, 1.82) is 0 Å². The van der Waals surface area contributed by atoms with Crippen molar-refractivity contribution in [2.75, 3.05) is 13.1 Å². The molecule has 1 fully saturated rings. The highest BCUT2D eigenvalue weighted by Gasteiger charge is 2.26. The maximum atomic E-state index is 13.0. The lowest BCUT2D eigenvalue weighted by atomic mass is 9.96. The number of ether oxygens (including phenoxy) is 1. The minimum absolute atomic E-state index is 0.0227. The van der Waals surface area contributed by atoms with E-state index in [-0.39, 0.29) is 23.9 Å². The molecule has 3 aliphatic rings. The fourth-order valence-electron chi connectivity index (χ4n) is 5.14. The van der Waals surface area contributed by atoms with Crippen LogP contribution in [0.15, 0.2) is 69.7 Å². The Balaban J connectivity index is 1.30. The van der Waals surface area contributed by atoms with E-state index in [1.807, 2.05) is 58.1 Å². The first-order chi connectivity index (χ1) is 19.5. The Morgan fingerprint density at radius 2 is 2.17 bits per heavy atom. The summed E-state index contributed by atoms with van der Waals surface area (Å²) in [7, 11) is 0. The second-order valence-corrected chi connectivity index (χ2v) is 11.9. The monoisotopic (exact) mass is 581 g/mol. The van der Waals surface area contributed by atoms with Gasteiger partial charge in [0.25, 0.3) is 5.91 Å². The molecular formula is C30H40ClN7O3. The number of aliphatic imine (C=N–C) groups is 1. The third-order valence-electron chi connectivity index (χ3n) is 7.03. The molecule has 3 atom stereocenters. The number of alkyl carbamates (subject to hydrolysis) is 1. The van der Waals surface area contributed by atoms with Crippen LogP contribution in [0.25, 0.3) is 0 Å². The summed E-state index contributed by atoms with van der Waals surface area (Å²) in [5.41, 5.74) is 8.87. The maximum Gasteiger partial charge on any atom is 0.407 e. The number of likely N-dealkylation sites (tertiary alicyclic amines) is 1. The van der Waals surface area contributed by atoms with Crippen LogP contribution < -0.4 is 21.7 Å². The number of hydrogen-bond acceptors (Lipinski definition) is 7. The molecule has 41 heavy (non-hydrogen) atoms. The Labute approximate surface area is 246 Å². The Morgan fingerprint density at radius 3 is 2.88 bits per heavy atom. The van der Waals surface area contributed by atoms with E-state index in [2.05, 4.69) is 36.9 Å². The average Bonchev–Trinajstić information content (AvgIpc) is 3.30. The van der Waals surface area contributed by atoms with E-state index < -0.39 is 11.7 Å². The van der Waals surface area contributed by atoms with Gasteiger partial charge in [-0.05, 0) is 83.4 Å². The molecule has 1 aromatic rings. The van der Waals surface area contributed by atoms with Crippen LogP contribution in [0, 0.1) is 5.92 Å². The molecule has 11 heteroatoms. The number of carbonyl (C=O) groups excluding carboxylic acids is 2. The molecule has 0 bridgehead atoms. The summed E-state index contributed by atoms with van der Waals surface area (Å²) >= 11 is 6.25. The number of aromatic nitrogens is 1. The number of pyridine rings is 1. The molecule has 10 nitrogen and oxygen atoms in total. The fraction of sp³-hybridized carbons (Fsp3) is 0.467. The summed E-state index contributed by atoms with van der Waals surface area (Å²) in [6.07, 6.45) is 13.1. The predicted octanol–water partition coefficient (Wildman–Crippen LogP) is 4.07. The number of piperidine rings is 1. The van der Waals surface area contributed by atoms with Crippen molar-refractivity contribution in [2.45, 2.75) is 71.2 Å². The Kier molecular flexibility index (Phi) is 9.88. The molecular weight excluding hydrogens is 542 g/mol. The lowest BCUT2D eigenvalue weighted by molar-refractivity contribution is 0.0470. The summed E-state index contributed by atoms with van der Waals surface area (Å²) in [5, 5.41) is 9.78. The van der Waals surface area contributed by atoms with Crippen LogP contribution in [0.1, 0.15) is 63.0 Å². The van der Waals surface area contributed by atoms with Gasteiger partial charge in [-0.2, -0.15) is 0 Å². The quantitative estimate of drug-likeness (QED) is 0.217. The normalized spacial score (nSPS) is 24.4. The number of halogens is 1. The first-order valence-corrected chi connectivity index (χ1v) is 14.4. The molecule has 3 heterocycles. The van der Waals surface area contributed by atoms with Crippen molar-refractivity contribution in [3.63, 3.8) is 0 Å². The molecule has 5 N–H and O–H groups in total. The molecule has 0 spiro atoms. The van der Waals surface area contributed by atoms with Crippen LogP contribution in [0.3, 0.4) is 0 Å². The smallest absolute Gasteiger partial charge is 0.407 e. The van der Waals surface area contributed by atoms with Gasteiger partial charge in [0.05, 0.1) is 12.4 Å². The third-order valence-corrected chi connectivity index (χ3v) is 7.35. The van der Waals surface area contributed by atoms with Crippen molar-refractivity contribution in [2.24, 2.45) is 16.6 Å². The summed E-state index contributed by atoms with van der Waals surface area (Å²) in [5.74, 6) is -0.116. The third kappa shape index (κ3) is 8.68. The van der Waals surface area contributed by atoms with Crippen molar-refractivity contribution in [3.8, 4) is 0 Å². The molecule has 1 aliphatic carbocycles. The van der Waals surface area contributed by atoms with E-state index in [9.17, 15) is 9.59 Å². The fourth-order valence-corrected chi connectivity index (χ4v) is 5.41. The van der Waals surface area contributed by atoms with Gasteiger partial charge in [-0.15, -0.1) is 0 Å². The maximum absolute atomic E-state index is 13.0. The van der Waals surface area contributed by atoms with Gasteiger partial charge in [0, 0.05) is 48.2 Å². The lowest BCUT2D eigenvalue weighted by Gasteiger charge is -2.33. The van der Waals surface area contributed by atoms with Crippen LogP contribution in [0.4, 0.5) is 4.79 Å². The van der Waals surface area contributed by atoms with Crippen molar-refractivity contribution < 1.29 is 14.3 Å².